The minimum Gasteiger partial charge on any atom is -0.454 e. The molecule has 3 rings (SSSR count). The van der Waals surface area contributed by atoms with E-state index in [1.165, 1.54) is 0 Å². The van der Waals surface area contributed by atoms with Gasteiger partial charge in [-0.2, -0.15) is 0 Å². The molecular formula is C14H14N2O3. The monoisotopic (exact) mass is 258 g/mol. The van der Waals surface area contributed by atoms with Gasteiger partial charge in [0.05, 0.1) is 16.8 Å². The summed E-state index contributed by atoms with van der Waals surface area (Å²) in [5.74, 6) is 0.218. The lowest BCUT2D eigenvalue weighted by atomic mass is 10.2. The smallest absolute Gasteiger partial charge is 0.309 e. The third-order valence-electron chi connectivity index (χ3n) is 3.22. The summed E-state index contributed by atoms with van der Waals surface area (Å²) in [7, 11) is 0. The molecule has 1 aromatic heterocycles. The number of hydrogen-bond donors (Lipinski definition) is 1. The molecule has 1 aromatic carbocycles. The van der Waals surface area contributed by atoms with Gasteiger partial charge in [-0.1, -0.05) is 12.1 Å². The molecule has 98 valence electrons. The van der Waals surface area contributed by atoms with Crippen LogP contribution < -0.4 is 5.56 Å². The largest absolute Gasteiger partial charge is 0.454 e. The molecule has 5 nitrogen and oxygen atoms in total. The number of benzene rings is 1. The van der Waals surface area contributed by atoms with Gasteiger partial charge < -0.3 is 9.72 Å². The Hall–Kier alpha value is -2.17. The highest BCUT2D eigenvalue weighted by molar-refractivity contribution is 5.77. The summed E-state index contributed by atoms with van der Waals surface area (Å²) in [6.07, 6.45) is 1.26. The van der Waals surface area contributed by atoms with E-state index >= 15 is 0 Å². The minimum absolute atomic E-state index is 0.0367. The van der Waals surface area contributed by atoms with Crippen molar-refractivity contribution in [1.82, 2.24) is 9.97 Å². The fraction of sp³-hybridized carbons (Fsp3) is 0.357. The standard InChI is InChI=1S/C14H14N2O3/c1-8(19-14(18)9-6-7-9)12-15-11-5-3-2-4-10(11)13(17)16-12/h2-5,8-9H,6-7H2,1H3,(H,15,16,17)/t8-/m0/s1. The van der Waals surface area contributed by atoms with Gasteiger partial charge in [-0.3, -0.25) is 9.59 Å². The first-order valence-electron chi connectivity index (χ1n) is 6.34. The number of hydrogen-bond acceptors (Lipinski definition) is 4. The van der Waals surface area contributed by atoms with E-state index in [-0.39, 0.29) is 17.4 Å². The number of carbonyl (C=O) groups excluding carboxylic acids is 1. The summed E-state index contributed by atoms with van der Waals surface area (Å²) in [5, 5.41) is 0.534. The maximum atomic E-state index is 11.9. The number of rotatable bonds is 3. The molecule has 1 atom stereocenters. The Morgan fingerprint density at radius 1 is 1.42 bits per heavy atom. The molecule has 1 heterocycles. The predicted octanol–water partition coefficient (Wildman–Crippen LogP) is 1.94. The zero-order valence-corrected chi connectivity index (χ0v) is 10.6. The van der Waals surface area contributed by atoms with E-state index < -0.39 is 6.10 Å². The highest BCUT2D eigenvalue weighted by atomic mass is 16.5. The second-order valence-electron chi connectivity index (χ2n) is 4.82. The van der Waals surface area contributed by atoms with Gasteiger partial charge in [0, 0.05) is 0 Å². The number of para-hydroxylation sites is 1. The van der Waals surface area contributed by atoms with Crippen LogP contribution in [0.25, 0.3) is 10.9 Å². The molecular weight excluding hydrogens is 244 g/mol. The van der Waals surface area contributed by atoms with E-state index in [9.17, 15) is 9.59 Å². The molecule has 0 bridgehead atoms. The molecule has 0 radical (unpaired) electrons. The summed E-state index contributed by atoms with van der Waals surface area (Å²) in [6.45, 7) is 1.72. The Morgan fingerprint density at radius 2 is 2.16 bits per heavy atom. The number of aromatic nitrogens is 2. The van der Waals surface area contributed by atoms with Crippen LogP contribution in [0.3, 0.4) is 0 Å². The summed E-state index contributed by atoms with van der Waals surface area (Å²) in [5.41, 5.74) is 0.394. The van der Waals surface area contributed by atoms with Crippen LogP contribution in [0.1, 0.15) is 31.7 Å². The Bertz CT molecular complexity index is 688. The van der Waals surface area contributed by atoms with Crippen LogP contribution >= 0.6 is 0 Å². The lowest BCUT2D eigenvalue weighted by molar-refractivity contribution is -0.150. The van der Waals surface area contributed by atoms with Gasteiger partial charge in [0.2, 0.25) is 0 Å². The van der Waals surface area contributed by atoms with E-state index in [4.69, 9.17) is 4.74 Å². The topological polar surface area (TPSA) is 72.0 Å². The predicted molar refractivity (Wildman–Crippen MR) is 69.6 cm³/mol. The molecule has 0 saturated heterocycles. The molecule has 1 N–H and O–H groups in total. The lowest BCUT2D eigenvalue weighted by Crippen LogP contribution is -2.18. The van der Waals surface area contributed by atoms with E-state index in [1.807, 2.05) is 6.07 Å². The van der Waals surface area contributed by atoms with Crippen molar-refractivity contribution in [2.45, 2.75) is 25.9 Å². The summed E-state index contributed by atoms with van der Waals surface area (Å²) in [6, 6.07) is 7.09. The van der Waals surface area contributed by atoms with Crippen molar-refractivity contribution >= 4 is 16.9 Å². The number of H-pyrrole nitrogens is 1. The van der Waals surface area contributed by atoms with Crippen molar-refractivity contribution in [1.29, 1.82) is 0 Å². The van der Waals surface area contributed by atoms with Crippen molar-refractivity contribution in [2.24, 2.45) is 5.92 Å². The van der Waals surface area contributed by atoms with Crippen molar-refractivity contribution in [3.05, 3.63) is 40.4 Å². The van der Waals surface area contributed by atoms with Crippen molar-refractivity contribution in [3.8, 4) is 0 Å². The first-order valence-corrected chi connectivity index (χ1v) is 6.34. The van der Waals surface area contributed by atoms with E-state index in [2.05, 4.69) is 9.97 Å². The molecule has 2 aromatic rings. The third kappa shape index (κ3) is 2.36. The number of carbonyl (C=O) groups is 1. The molecule has 1 fully saturated rings. The van der Waals surface area contributed by atoms with Crippen molar-refractivity contribution in [2.75, 3.05) is 0 Å². The van der Waals surface area contributed by atoms with Crippen LogP contribution in [0.2, 0.25) is 0 Å². The van der Waals surface area contributed by atoms with E-state index in [0.717, 1.165) is 12.8 Å². The number of nitrogens with one attached hydrogen (secondary N) is 1. The lowest BCUT2D eigenvalue weighted by Gasteiger charge is -2.12. The van der Waals surface area contributed by atoms with Crippen LogP contribution in [0, 0.1) is 5.92 Å². The molecule has 0 unspecified atom stereocenters. The molecule has 1 aliphatic carbocycles. The average molecular weight is 258 g/mol. The van der Waals surface area contributed by atoms with E-state index in [0.29, 0.717) is 16.7 Å². The van der Waals surface area contributed by atoms with Gasteiger partial charge in [-0.15, -0.1) is 0 Å². The van der Waals surface area contributed by atoms with E-state index in [1.54, 1.807) is 25.1 Å². The first-order chi connectivity index (χ1) is 9.15. The highest BCUT2D eigenvalue weighted by Gasteiger charge is 2.32. The maximum absolute atomic E-state index is 11.9. The van der Waals surface area contributed by atoms with Gasteiger partial charge in [-0.25, -0.2) is 4.98 Å². The zero-order valence-electron chi connectivity index (χ0n) is 10.6. The average Bonchev–Trinajstić information content (AvgIpc) is 3.23. The number of esters is 1. The summed E-state index contributed by atoms with van der Waals surface area (Å²) >= 11 is 0. The van der Waals surface area contributed by atoms with Gasteiger partial charge in [0.15, 0.2) is 11.9 Å². The molecule has 0 spiro atoms. The van der Waals surface area contributed by atoms with Crippen LogP contribution in [-0.2, 0) is 9.53 Å². The first kappa shape index (κ1) is 11.9. The third-order valence-corrected chi connectivity index (χ3v) is 3.22. The second kappa shape index (κ2) is 4.50. The van der Waals surface area contributed by atoms with Gasteiger partial charge in [-0.05, 0) is 31.9 Å². The number of fused-ring (bicyclic) bond motifs is 1. The molecule has 1 aliphatic rings. The molecule has 0 amide bonds. The Labute approximate surface area is 109 Å². The van der Waals surface area contributed by atoms with Crippen LogP contribution in [-0.4, -0.2) is 15.9 Å². The SMILES string of the molecule is C[C@H](OC(=O)C1CC1)c1nc2ccccc2c(=O)[nH]1. The zero-order chi connectivity index (χ0) is 13.4. The Kier molecular flexibility index (Phi) is 2.81. The highest BCUT2D eigenvalue weighted by Crippen LogP contribution is 2.31. The maximum Gasteiger partial charge on any atom is 0.309 e. The fourth-order valence-corrected chi connectivity index (χ4v) is 1.94. The second-order valence-corrected chi connectivity index (χ2v) is 4.82. The van der Waals surface area contributed by atoms with Gasteiger partial charge in [0.1, 0.15) is 0 Å². The van der Waals surface area contributed by atoms with Crippen LogP contribution in [0.15, 0.2) is 29.1 Å². The number of ether oxygens (including phenoxy) is 1. The Balaban J connectivity index is 1.91. The molecule has 0 aliphatic heterocycles. The Morgan fingerprint density at radius 3 is 2.89 bits per heavy atom. The minimum atomic E-state index is -0.537. The number of aromatic amines is 1. The molecule has 19 heavy (non-hydrogen) atoms. The molecule has 5 heteroatoms. The molecule has 1 saturated carbocycles. The summed E-state index contributed by atoms with van der Waals surface area (Å²) < 4.78 is 5.29. The van der Waals surface area contributed by atoms with Gasteiger partial charge >= 0.3 is 5.97 Å². The van der Waals surface area contributed by atoms with Crippen molar-refractivity contribution < 1.29 is 9.53 Å². The number of nitrogens with zero attached hydrogens (tertiary/aromatic N) is 1. The van der Waals surface area contributed by atoms with Gasteiger partial charge in [0.25, 0.3) is 5.56 Å². The van der Waals surface area contributed by atoms with Crippen LogP contribution in [0.4, 0.5) is 0 Å². The fourth-order valence-electron chi connectivity index (χ4n) is 1.94. The normalized spacial score (nSPS) is 16.3. The summed E-state index contributed by atoms with van der Waals surface area (Å²) in [4.78, 5) is 30.5. The quantitative estimate of drug-likeness (QED) is 0.854. The van der Waals surface area contributed by atoms with Crippen molar-refractivity contribution in [3.63, 3.8) is 0 Å². The van der Waals surface area contributed by atoms with Crippen LogP contribution in [0.5, 0.6) is 0 Å².